The van der Waals surface area contributed by atoms with Crippen molar-refractivity contribution in [3.8, 4) is 0 Å². The second-order valence-corrected chi connectivity index (χ2v) is 8.78. The predicted molar refractivity (Wildman–Crippen MR) is 127 cm³/mol. The van der Waals surface area contributed by atoms with Crippen molar-refractivity contribution < 1.29 is 14.3 Å². The van der Waals surface area contributed by atoms with Crippen LogP contribution in [-0.4, -0.2) is 61.1 Å². The van der Waals surface area contributed by atoms with Crippen molar-refractivity contribution in [1.29, 1.82) is 0 Å². The summed E-state index contributed by atoms with van der Waals surface area (Å²) in [4.78, 5) is 27.6. The quantitative estimate of drug-likeness (QED) is 0.431. The predicted octanol–water partition coefficient (Wildman–Crippen LogP) is 3.40. The molecule has 1 N–H and O–H groups in total. The van der Waals surface area contributed by atoms with Gasteiger partial charge >= 0.3 is 0 Å². The summed E-state index contributed by atoms with van der Waals surface area (Å²) < 4.78 is 7.27. The fraction of sp³-hybridized carbons (Fsp3) is 0.538. The Morgan fingerprint density at radius 3 is 2.53 bits per heavy atom. The lowest BCUT2D eigenvalue weighted by Gasteiger charge is -2.30. The van der Waals surface area contributed by atoms with Crippen molar-refractivity contribution in [1.82, 2.24) is 14.8 Å². The van der Waals surface area contributed by atoms with Crippen LogP contribution in [0.15, 0.2) is 36.4 Å². The highest BCUT2D eigenvalue weighted by Gasteiger charge is 2.26. The number of piperidine rings is 1. The maximum atomic E-state index is 13.0. The van der Waals surface area contributed by atoms with Crippen LogP contribution in [0, 0.1) is 19.8 Å². The number of hydrogen-bond donors (Lipinski definition) is 1. The lowest BCUT2D eigenvalue weighted by Crippen LogP contribution is -2.42. The number of carbonyl (C=O) groups is 2. The van der Waals surface area contributed by atoms with Gasteiger partial charge in [-0.3, -0.25) is 14.5 Å². The van der Waals surface area contributed by atoms with E-state index in [-0.39, 0.29) is 17.6 Å². The fourth-order valence-corrected chi connectivity index (χ4v) is 4.53. The number of ether oxygens (including phenoxy) is 1. The van der Waals surface area contributed by atoms with Crippen LogP contribution >= 0.6 is 0 Å². The molecule has 1 aromatic heterocycles. The molecule has 2 aromatic rings. The molecule has 174 valence electrons. The van der Waals surface area contributed by atoms with Gasteiger partial charge in [-0.15, -0.1) is 0 Å². The third kappa shape index (κ3) is 6.53. The van der Waals surface area contributed by atoms with Crippen LogP contribution in [0.4, 0.5) is 0 Å². The highest BCUT2D eigenvalue weighted by Crippen LogP contribution is 2.20. The first-order valence-corrected chi connectivity index (χ1v) is 11.7. The van der Waals surface area contributed by atoms with E-state index in [2.05, 4.69) is 46.0 Å². The van der Waals surface area contributed by atoms with Crippen molar-refractivity contribution in [3.05, 3.63) is 58.9 Å². The Bertz CT molecular complexity index is 883. The molecule has 2 heterocycles. The van der Waals surface area contributed by atoms with E-state index >= 15 is 0 Å². The van der Waals surface area contributed by atoms with E-state index in [0.29, 0.717) is 19.7 Å². The van der Waals surface area contributed by atoms with Crippen LogP contribution in [0.25, 0.3) is 0 Å². The number of carbonyl (C=O) groups excluding carboxylic acids is 2. The maximum Gasteiger partial charge on any atom is 0.223 e. The third-order valence-corrected chi connectivity index (χ3v) is 6.49. The summed E-state index contributed by atoms with van der Waals surface area (Å²) in [6.07, 6.45) is 3.39. The molecule has 1 fully saturated rings. The van der Waals surface area contributed by atoms with Gasteiger partial charge in [0.1, 0.15) is 0 Å². The summed E-state index contributed by atoms with van der Waals surface area (Å²) in [5, 5.41) is 3.00. The number of likely N-dealkylation sites (tertiary alicyclic amines) is 1. The molecule has 0 bridgehead atoms. The van der Waals surface area contributed by atoms with Crippen molar-refractivity contribution in [2.75, 3.05) is 39.9 Å². The first-order chi connectivity index (χ1) is 15.5. The van der Waals surface area contributed by atoms with Crippen LogP contribution in [0.1, 0.15) is 46.6 Å². The number of ketones is 1. The largest absolute Gasteiger partial charge is 0.385 e. The van der Waals surface area contributed by atoms with Crippen LogP contribution in [0.5, 0.6) is 0 Å². The second-order valence-electron chi connectivity index (χ2n) is 8.78. The highest BCUT2D eigenvalue weighted by atomic mass is 16.5. The summed E-state index contributed by atoms with van der Waals surface area (Å²) in [5.74, 6) is 0.354. The topological polar surface area (TPSA) is 63.6 Å². The number of benzene rings is 1. The number of Topliss-reactive ketones (excluding diaryl/α,β-unsaturated/α-hetero) is 1. The molecule has 0 spiro atoms. The van der Waals surface area contributed by atoms with Crippen molar-refractivity contribution >= 4 is 11.7 Å². The second kappa shape index (κ2) is 12.0. The Morgan fingerprint density at radius 1 is 1.12 bits per heavy atom. The summed E-state index contributed by atoms with van der Waals surface area (Å²) >= 11 is 0. The zero-order valence-electron chi connectivity index (χ0n) is 19.7. The summed E-state index contributed by atoms with van der Waals surface area (Å²) in [5.41, 5.74) is 4.31. The van der Waals surface area contributed by atoms with Gasteiger partial charge < -0.3 is 14.6 Å². The van der Waals surface area contributed by atoms with Crippen molar-refractivity contribution in [2.24, 2.45) is 5.92 Å². The minimum Gasteiger partial charge on any atom is -0.385 e. The summed E-state index contributed by atoms with van der Waals surface area (Å²) in [7, 11) is 1.67. The minimum absolute atomic E-state index is 0.0481. The molecule has 1 aromatic carbocycles. The molecule has 0 aliphatic carbocycles. The molecular weight excluding hydrogens is 402 g/mol. The molecule has 6 nitrogen and oxygen atoms in total. The monoisotopic (exact) mass is 439 g/mol. The molecule has 0 unspecified atom stereocenters. The number of rotatable bonds is 11. The molecule has 0 saturated carbocycles. The van der Waals surface area contributed by atoms with Crippen LogP contribution in [0.2, 0.25) is 0 Å². The number of nitrogens with zero attached hydrogens (tertiary/aromatic N) is 2. The highest BCUT2D eigenvalue weighted by molar-refractivity contribution is 5.99. The molecule has 3 rings (SSSR count). The van der Waals surface area contributed by atoms with Gasteiger partial charge in [0.25, 0.3) is 0 Å². The van der Waals surface area contributed by atoms with Crippen LogP contribution in [0.3, 0.4) is 0 Å². The molecule has 0 radical (unpaired) electrons. The number of amides is 1. The number of aryl methyl sites for hydroxylation is 2. The first kappa shape index (κ1) is 24.2. The van der Waals surface area contributed by atoms with Gasteiger partial charge in [0.05, 0.1) is 6.54 Å². The average molecular weight is 440 g/mol. The molecule has 1 saturated heterocycles. The van der Waals surface area contributed by atoms with E-state index < -0.39 is 0 Å². The molecule has 0 atom stereocenters. The zero-order chi connectivity index (χ0) is 22.9. The van der Waals surface area contributed by atoms with Gasteiger partial charge in [-0.05, 0) is 64.3 Å². The van der Waals surface area contributed by atoms with E-state index in [1.165, 1.54) is 5.56 Å². The van der Waals surface area contributed by atoms with Crippen molar-refractivity contribution in [2.45, 2.75) is 46.1 Å². The summed E-state index contributed by atoms with van der Waals surface area (Å²) in [6.45, 7) is 8.31. The van der Waals surface area contributed by atoms with E-state index in [4.69, 9.17) is 4.74 Å². The minimum atomic E-state index is 0.0481. The Labute approximate surface area is 191 Å². The molecule has 32 heavy (non-hydrogen) atoms. The van der Waals surface area contributed by atoms with E-state index in [1.54, 1.807) is 7.11 Å². The molecule has 6 heteroatoms. The Hall–Kier alpha value is -2.44. The van der Waals surface area contributed by atoms with Crippen molar-refractivity contribution in [3.63, 3.8) is 0 Å². The normalized spacial score (nSPS) is 15.1. The zero-order valence-corrected chi connectivity index (χ0v) is 19.7. The number of hydrogen-bond acceptors (Lipinski definition) is 4. The van der Waals surface area contributed by atoms with Crippen LogP contribution < -0.4 is 5.32 Å². The smallest absolute Gasteiger partial charge is 0.223 e. The third-order valence-electron chi connectivity index (χ3n) is 6.49. The van der Waals surface area contributed by atoms with E-state index in [0.717, 1.165) is 62.3 Å². The van der Waals surface area contributed by atoms with Gasteiger partial charge in [-0.1, -0.05) is 30.3 Å². The SMILES string of the molecule is COCCCNC(=O)C1CCN(CC(=O)c2cc(C)n(CCc3ccccc3)c2C)CC1. The number of methoxy groups -OCH3 is 1. The Morgan fingerprint density at radius 2 is 1.84 bits per heavy atom. The first-order valence-electron chi connectivity index (χ1n) is 11.7. The molecular formula is C26H37N3O3. The average Bonchev–Trinajstić information content (AvgIpc) is 3.09. The fourth-order valence-electron chi connectivity index (χ4n) is 4.53. The van der Waals surface area contributed by atoms with Gasteiger partial charge in [-0.2, -0.15) is 0 Å². The van der Waals surface area contributed by atoms with Gasteiger partial charge in [0.2, 0.25) is 5.91 Å². The molecule has 1 aliphatic rings. The molecule has 1 aliphatic heterocycles. The Kier molecular flexibility index (Phi) is 9.06. The standard InChI is InChI=1S/C26H37N3O3/c1-20-18-24(21(2)29(20)16-10-22-8-5-4-6-9-22)25(30)19-28-14-11-23(12-15-28)26(31)27-13-7-17-32-3/h4-6,8-9,18,23H,7,10-17,19H2,1-3H3,(H,27,31). The maximum absolute atomic E-state index is 13.0. The molecule has 1 amide bonds. The lowest BCUT2D eigenvalue weighted by molar-refractivity contribution is -0.126. The number of nitrogens with one attached hydrogen (secondary N) is 1. The Balaban J connectivity index is 1.48. The number of aromatic nitrogens is 1. The van der Waals surface area contributed by atoms with E-state index in [9.17, 15) is 9.59 Å². The van der Waals surface area contributed by atoms with Gasteiger partial charge in [-0.25, -0.2) is 0 Å². The lowest BCUT2D eigenvalue weighted by atomic mass is 9.95. The van der Waals surface area contributed by atoms with E-state index in [1.807, 2.05) is 19.1 Å². The summed E-state index contributed by atoms with van der Waals surface area (Å²) in [6, 6.07) is 12.5. The van der Waals surface area contributed by atoms with Gasteiger partial charge in [0.15, 0.2) is 5.78 Å². The van der Waals surface area contributed by atoms with Gasteiger partial charge in [0, 0.05) is 49.7 Å². The van der Waals surface area contributed by atoms with Crippen LogP contribution in [-0.2, 0) is 22.5 Å².